The van der Waals surface area contributed by atoms with E-state index >= 15 is 0 Å². The molecule has 0 bridgehead atoms. The Morgan fingerprint density at radius 3 is 2.43 bits per heavy atom. The zero-order valence-corrected chi connectivity index (χ0v) is 19.8. The molecule has 0 atom stereocenters. The van der Waals surface area contributed by atoms with E-state index in [2.05, 4.69) is 5.32 Å². The molecule has 0 spiro atoms. The second-order valence-corrected chi connectivity index (χ2v) is 8.83. The molecule has 6 N–H and O–H groups in total. The van der Waals surface area contributed by atoms with Gasteiger partial charge >= 0.3 is 17.9 Å². The number of aliphatic carboxylic acids is 2. The molecule has 12 heteroatoms. The smallest absolute Gasteiger partial charge is 0.343 e. The average Bonchev–Trinajstić information content (AvgIpc) is 3.65. The Morgan fingerprint density at radius 1 is 1.11 bits per heavy atom. The number of anilines is 1. The molecule has 1 aliphatic heterocycles. The normalized spacial score (nSPS) is 14.8. The number of hydrogen-bond donors (Lipinski definition) is 5. The number of rotatable bonds is 7. The standard InChI is InChI=1S/C25H26N4O8/c26-25(27)28-15-5-6-17-14(10-15)2-1-9-36-22-18(37-24(17)35)8-7-16(13-3-4-13)21(22)23(34)29(11-19(30)31)12-20(32)33/h5-8,10,13H,1-4,9,11-12H2,(H,30,31)(H,32,33)(H4,26,27,28). The van der Waals surface area contributed by atoms with Gasteiger partial charge in [0.1, 0.15) is 13.1 Å². The van der Waals surface area contributed by atoms with Crippen molar-refractivity contribution in [3.05, 3.63) is 52.6 Å². The summed E-state index contributed by atoms with van der Waals surface area (Å²) < 4.78 is 11.6. The van der Waals surface area contributed by atoms with E-state index in [1.54, 1.807) is 24.3 Å². The van der Waals surface area contributed by atoms with Crippen molar-refractivity contribution in [3.8, 4) is 11.5 Å². The number of benzene rings is 2. The second kappa shape index (κ2) is 10.6. The number of fused-ring (bicyclic) bond motifs is 2. The first-order valence-corrected chi connectivity index (χ1v) is 11.6. The highest BCUT2D eigenvalue weighted by atomic mass is 16.6. The molecule has 1 heterocycles. The number of nitrogens with two attached hydrogens (primary N) is 1. The summed E-state index contributed by atoms with van der Waals surface area (Å²) >= 11 is 0. The van der Waals surface area contributed by atoms with Crippen molar-refractivity contribution in [1.82, 2.24) is 4.90 Å². The van der Waals surface area contributed by atoms with Crippen LogP contribution in [0.2, 0.25) is 0 Å². The SMILES string of the molecule is N=C(N)Nc1ccc2c(c1)CCCOc1c(ccc(C3CC3)c1C(=O)N(CC(=O)O)CC(=O)O)OC2=O. The Bertz CT molecular complexity index is 1270. The van der Waals surface area contributed by atoms with E-state index < -0.39 is 36.9 Å². The summed E-state index contributed by atoms with van der Waals surface area (Å²) in [6, 6.07) is 8.00. The summed E-state index contributed by atoms with van der Waals surface area (Å²) in [4.78, 5) is 50.1. The molecule has 1 aliphatic carbocycles. The zero-order chi connectivity index (χ0) is 26.7. The minimum absolute atomic E-state index is 0.0112. The average molecular weight is 511 g/mol. The van der Waals surface area contributed by atoms with Gasteiger partial charge < -0.3 is 35.6 Å². The minimum atomic E-state index is -1.36. The number of ether oxygens (including phenoxy) is 2. The molecule has 1 amide bonds. The fraction of sp³-hybridized carbons (Fsp3) is 0.320. The van der Waals surface area contributed by atoms with E-state index in [1.165, 1.54) is 6.07 Å². The highest BCUT2D eigenvalue weighted by molar-refractivity contribution is 6.03. The van der Waals surface area contributed by atoms with Crippen LogP contribution in [0.4, 0.5) is 5.69 Å². The quantitative estimate of drug-likeness (QED) is 0.159. The first kappa shape index (κ1) is 25.5. The van der Waals surface area contributed by atoms with Crippen LogP contribution >= 0.6 is 0 Å². The summed E-state index contributed by atoms with van der Waals surface area (Å²) in [5.41, 5.74) is 7.49. The van der Waals surface area contributed by atoms with Crippen molar-refractivity contribution >= 4 is 35.5 Å². The van der Waals surface area contributed by atoms with Gasteiger partial charge in [0.05, 0.1) is 17.7 Å². The molecule has 0 radical (unpaired) electrons. The predicted octanol–water partition coefficient (Wildman–Crippen LogP) is 2.02. The molecular weight excluding hydrogens is 484 g/mol. The second-order valence-electron chi connectivity index (χ2n) is 8.83. The van der Waals surface area contributed by atoms with Crippen molar-refractivity contribution in [3.63, 3.8) is 0 Å². The van der Waals surface area contributed by atoms with E-state index in [1.807, 2.05) is 0 Å². The molecular formula is C25H26N4O8. The minimum Gasteiger partial charge on any atom is -0.489 e. The molecule has 12 nitrogen and oxygen atoms in total. The van der Waals surface area contributed by atoms with Gasteiger partial charge in [0.15, 0.2) is 17.5 Å². The molecule has 0 saturated heterocycles. The van der Waals surface area contributed by atoms with Gasteiger partial charge in [-0.3, -0.25) is 19.8 Å². The molecule has 2 aliphatic rings. The van der Waals surface area contributed by atoms with Gasteiger partial charge in [-0.1, -0.05) is 6.07 Å². The number of nitrogens with zero attached hydrogens (tertiary/aromatic N) is 1. The van der Waals surface area contributed by atoms with Crippen LogP contribution in [0.15, 0.2) is 30.3 Å². The summed E-state index contributed by atoms with van der Waals surface area (Å²) in [5, 5.41) is 28.6. The van der Waals surface area contributed by atoms with E-state index in [9.17, 15) is 29.4 Å². The fourth-order valence-electron chi connectivity index (χ4n) is 4.27. The van der Waals surface area contributed by atoms with Crippen molar-refractivity contribution in [1.29, 1.82) is 5.41 Å². The highest BCUT2D eigenvalue weighted by Gasteiger charge is 2.35. The third-order valence-electron chi connectivity index (χ3n) is 5.97. The van der Waals surface area contributed by atoms with Gasteiger partial charge in [-0.25, -0.2) is 4.79 Å². The van der Waals surface area contributed by atoms with Gasteiger partial charge in [-0.2, -0.15) is 0 Å². The highest BCUT2D eigenvalue weighted by Crippen LogP contribution is 2.47. The number of carbonyl (C=O) groups excluding carboxylic acids is 2. The van der Waals surface area contributed by atoms with Crippen LogP contribution < -0.4 is 20.5 Å². The van der Waals surface area contributed by atoms with Gasteiger partial charge in [0, 0.05) is 5.69 Å². The van der Waals surface area contributed by atoms with Gasteiger partial charge in [0.25, 0.3) is 5.91 Å². The maximum atomic E-state index is 13.5. The lowest BCUT2D eigenvalue weighted by molar-refractivity contribution is -0.140. The number of nitrogens with one attached hydrogen (secondary N) is 2. The van der Waals surface area contributed by atoms with Crippen LogP contribution in [0.25, 0.3) is 0 Å². The number of amides is 1. The number of esters is 1. The van der Waals surface area contributed by atoms with E-state index in [0.717, 1.165) is 17.7 Å². The molecule has 0 aromatic heterocycles. The van der Waals surface area contributed by atoms with Crippen molar-refractivity contribution in [2.24, 2.45) is 5.73 Å². The predicted molar refractivity (Wildman–Crippen MR) is 130 cm³/mol. The fourth-order valence-corrected chi connectivity index (χ4v) is 4.27. The zero-order valence-electron chi connectivity index (χ0n) is 19.8. The summed E-state index contributed by atoms with van der Waals surface area (Å²) in [5.74, 6) is -4.50. The van der Waals surface area contributed by atoms with E-state index in [4.69, 9.17) is 20.6 Å². The molecule has 1 saturated carbocycles. The van der Waals surface area contributed by atoms with Gasteiger partial charge in [-0.15, -0.1) is 0 Å². The van der Waals surface area contributed by atoms with Crippen LogP contribution in [0, 0.1) is 5.41 Å². The van der Waals surface area contributed by atoms with Crippen LogP contribution in [-0.4, -0.2) is 64.6 Å². The maximum Gasteiger partial charge on any atom is 0.343 e. The molecule has 194 valence electrons. The lowest BCUT2D eigenvalue weighted by Crippen LogP contribution is -2.40. The Balaban J connectivity index is 1.76. The maximum absolute atomic E-state index is 13.5. The lowest BCUT2D eigenvalue weighted by Gasteiger charge is -2.24. The molecule has 0 unspecified atom stereocenters. The monoisotopic (exact) mass is 510 g/mol. The summed E-state index contributed by atoms with van der Waals surface area (Å²) in [7, 11) is 0. The van der Waals surface area contributed by atoms with Crippen LogP contribution in [0.5, 0.6) is 11.5 Å². The lowest BCUT2D eigenvalue weighted by atomic mass is 9.99. The molecule has 4 rings (SSSR count). The number of guanidine groups is 1. The number of hydrogen-bond acceptors (Lipinski definition) is 7. The number of aryl methyl sites for hydroxylation is 1. The molecule has 1 fully saturated rings. The molecule has 2 aromatic carbocycles. The van der Waals surface area contributed by atoms with Crippen LogP contribution in [-0.2, 0) is 16.0 Å². The third-order valence-corrected chi connectivity index (χ3v) is 5.97. The Kier molecular flexibility index (Phi) is 7.27. The number of carboxylic acid groups (broad SMARTS) is 2. The number of carbonyl (C=O) groups is 4. The van der Waals surface area contributed by atoms with Gasteiger partial charge in [0.2, 0.25) is 0 Å². The summed E-state index contributed by atoms with van der Waals surface area (Å²) in [6.07, 6.45) is 2.49. The van der Waals surface area contributed by atoms with Crippen LogP contribution in [0.3, 0.4) is 0 Å². The first-order valence-electron chi connectivity index (χ1n) is 11.6. The van der Waals surface area contributed by atoms with E-state index in [0.29, 0.717) is 35.2 Å². The molecule has 37 heavy (non-hydrogen) atoms. The van der Waals surface area contributed by atoms with Crippen molar-refractivity contribution in [2.45, 2.75) is 31.6 Å². The summed E-state index contributed by atoms with van der Waals surface area (Å²) in [6.45, 7) is -1.49. The van der Waals surface area contributed by atoms with E-state index in [-0.39, 0.29) is 35.5 Å². The Labute approximate surface area is 211 Å². The van der Waals surface area contributed by atoms with Crippen LogP contribution in [0.1, 0.15) is 57.0 Å². The topological polar surface area (TPSA) is 192 Å². The van der Waals surface area contributed by atoms with Crippen molar-refractivity contribution < 1.29 is 38.9 Å². The Hall–Kier alpha value is -4.61. The Morgan fingerprint density at radius 2 is 1.81 bits per heavy atom. The van der Waals surface area contributed by atoms with Gasteiger partial charge in [-0.05, 0) is 67.0 Å². The van der Waals surface area contributed by atoms with Crippen molar-refractivity contribution in [2.75, 3.05) is 25.0 Å². The largest absolute Gasteiger partial charge is 0.489 e. The number of carboxylic acids is 2. The first-order chi connectivity index (χ1) is 17.6. The molecule has 2 aromatic rings. The third kappa shape index (κ3) is 5.97.